The van der Waals surface area contributed by atoms with Crippen molar-refractivity contribution in [3.05, 3.63) is 16.3 Å². The van der Waals surface area contributed by atoms with Crippen molar-refractivity contribution in [3.63, 3.8) is 0 Å². The Morgan fingerprint density at radius 3 is 2.58 bits per heavy atom. The number of fused-ring (bicyclic) bond motifs is 1. The molecule has 0 unspecified atom stereocenters. The molecule has 0 aliphatic carbocycles. The normalized spacial score (nSPS) is 12.0. The fourth-order valence-electron chi connectivity index (χ4n) is 2.20. The monoisotopic (exact) mass is 351 g/mol. The van der Waals surface area contributed by atoms with Gasteiger partial charge in [0.05, 0.1) is 24.1 Å². The summed E-state index contributed by atoms with van der Waals surface area (Å²) < 4.78 is 5.35. The Bertz CT molecular complexity index is 753. The minimum Gasteiger partial charge on any atom is -0.461 e. The molecule has 0 bridgehead atoms. The second kappa shape index (κ2) is 7.03. The zero-order valence-corrected chi connectivity index (χ0v) is 15.9. The molecule has 0 saturated heterocycles. The third kappa shape index (κ3) is 4.02. The first kappa shape index (κ1) is 18.6. The molecule has 2 aromatic rings. The van der Waals surface area contributed by atoms with Crippen molar-refractivity contribution in [1.29, 1.82) is 0 Å². The van der Waals surface area contributed by atoms with Gasteiger partial charge in [-0.25, -0.2) is 14.8 Å². The van der Waals surface area contributed by atoms with Crippen LogP contribution in [0.5, 0.6) is 0 Å². The van der Waals surface area contributed by atoms with Gasteiger partial charge < -0.3 is 15.2 Å². The highest BCUT2D eigenvalue weighted by atomic mass is 32.1. The van der Waals surface area contributed by atoms with Gasteiger partial charge in [0.25, 0.3) is 0 Å². The number of nitrogens with zero attached hydrogens (tertiary/aromatic N) is 2. The van der Waals surface area contributed by atoms with Crippen LogP contribution >= 0.6 is 11.3 Å². The number of hydrogen-bond donors (Lipinski definition) is 2. The van der Waals surface area contributed by atoms with E-state index in [0.29, 0.717) is 23.1 Å². The van der Waals surface area contributed by atoms with Crippen LogP contribution in [0.25, 0.3) is 10.2 Å². The summed E-state index contributed by atoms with van der Waals surface area (Å²) in [4.78, 5) is 22.6. The number of aliphatic hydroxyl groups excluding tert-OH is 1. The Balaban J connectivity index is 2.48. The van der Waals surface area contributed by atoms with E-state index in [9.17, 15) is 9.90 Å². The maximum atomic E-state index is 12.4. The van der Waals surface area contributed by atoms with Gasteiger partial charge in [-0.3, -0.25) is 0 Å². The summed E-state index contributed by atoms with van der Waals surface area (Å²) in [5.41, 5.74) is 0.278. The third-order valence-corrected chi connectivity index (χ3v) is 4.65. The van der Waals surface area contributed by atoms with Crippen molar-refractivity contribution >= 4 is 33.3 Å². The van der Waals surface area contributed by atoms with Crippen LogP contribution in [-0.4, -0.2) is 39.8 Å². The van der Waals surface area contributed by atoms with E-state index in [1.165, 1.54) is 11.3 Å². The molecule has 132 valence electrons. The number of aliphatic hydroxyl groups is 1. The average Bonchev–Trinajstić information content (AvgIpc) is 2.81. The first-order chi connectivity index (χ1) is 11.1. The van der Waals surface area contributed by atoms with Crippen molar-refractivity contribution in [1.82, 2.24) is 9.97 Å². The number of carbonyl (C=O) groups excluding carboxylic acids is 1. The molecule has 0 amide bonds. The molecule has 0 aliphatic heterocycles. The number of thiophene rings is 1. The van der Waals surface area contributed by atoms with E-state index in [-0.39, 0.29) is 18.5 Å². The molecule has 0 fully saturated rings. The Kier molecular flexibility index (Phi) is 5.45. The maximum absolute atomic E-state index is 12.4. The first-order valence-electron chi connectivity index (χ1n) is 7.98. The van der Waals surface area contributed by atoms with E-state index in [4.69, 9.17) is 4.74 Å². The predicted molar refractivity (Wildman–Crippen MR) is 96.8 cm³/mol. The molecule has 0 atom stereocenters. The fourth-order valence-corrected chi connectivity index (χ4v) is 3.32. The van der Waals surface area contributed by atoms with Crippen molar-refractivity contribution in [3.8, 4) is 0 Å². The highest BCUT2D eigenvalue weighted by Crippen LogP contribution is 2.35. The molecule has 0 saturated carbocycles. The molecule has 0 spiro atoms. The van der Waals surface area contributed by atoms with Gasteiger partial charge in [-0.2, -0.15) is 0 Å². The van der Waals surface area contributed by atoms with Gasteiger partial charge in [-0.1, -0.05) is 13.8 Å². The zero-order valence-electron chi connectivity index (χ0n) is 15.1. The summed E-state index contributed by atoms with van der Waals surface area (Å²) in [5, 5.41) is 13.6. The lowest BCUT2D eigenvalue weighted by Gasteiger charge is -2.24. The second-order valence-corrected chi connectivity index (χ2v) is 8.01. The number of rotatable bonds is 6. The number of ether oxygens (including phenoxy) is 1. The molecule has 7 heteroatoms. The van der Waals surface area contributed by atoms with E-state index in [2.05, 4.69) is 15.3 Å². The quantitative estimate of drug-likeness (QED) is 0.777. The molecule has 2 rings (SSSR count). The molecule has 6 nitrogen and oxygen atoms in total. The van der Waals surface area contributed by atoms with Crippen LogP contribution < -0.4 is 5.32 Å². The first-order valence-corrected chi connectivity index (χ1v) is 8.80. The van der Waals surface area contributed by atoms with Crippen LogP contribution in [0.2, 0.25) is 0 Å². The van der Waals surface area contributed by atoms with Crippen molar-refractivity contribution < 1.29 is 14.6 Å². The summed E-state index contributed by atoms with van der Waals surface area (Å²) in [7, 11) is 0. The minimum absolute atomic E-state index is 0.0377. The standard InChI is InChI=1S/C17H25N3O3S/c1-9(2)7-23-16(22)13-10(3)12-14(20-17(5,6)8-21)18-11(4)19-15(12)24-13/h9,21H,7-8H2,1-6H3,(H,18,19,20). The van der Waals surface area contributed by atoms with Gasteiger partial charge in [-0.05, 0) is 39.2 Å². The van der Waals surface area contributed by atoms with Crippen LogP contribution in [-0.2, 0) is 4.74 Å². The Labute approximate surface area is 146 Å². The average molecular weight is 351 g/mol. The molecular weight excluding hydrogens is 326 g/mol. The largest absolute Gasteiger partial charge is 0.461 e. The number of carbonyl (C=O) groups is 1. The third-order valence-electron chi connectivity index (χ3n) is 3.49. The highest BCUT2D eigenvalue weighted by Gasteiger charge is 2.24. The number of aromatic nitrogens is 2. The predicted octanol–water partition coefficient (Wildman–Crippen LogP) is 3.30. The van der Waals surface area contributed by atoms with Crippen molar-refractivity contribution in [2.24, 2.45) is 5.92 Å². The number of anilines is 1. The van der Waals surface area contributed by atoms with Gasteiger partial charge >= 0.3 is 5.97 Å². The van der Waals surface area contributed by atoms with Gasteiger partial charge in [-0.15, -0.1) is 11.3 Å². The lowest BCUT2D eigenvalue weighted by atomic mass is 10.1. The molecule has 0 radical (unpaired) electrons. The van der Waals surface area contributed by atoms with E-state index in [1.807, 2.05) is 41.5 Å². The summed E-state index contributed by atoms with van der Waals surface area (Å²) in [6.07, 6.45) is 0. The Hall–Kier alpha value is -1.73. The molecule has 2 aromatic heterocycles. The summed E-state index contributed by atoms with van der Waals surface area (Å²) in [6.45, 7) is 11.8. The molecular formula is C17H25N3O3S. The van der Waals surface area contributed by atoms with Crippen LogP contribution in [0.1, 0.15) is 48.8 Å². The van der Waals surface area contributed by atoms with Crippen LogP contribution in [0.15, 0.2) is 0 Å². The number of nitrogens with one attached hydrogen (secondary N) is 1. The minimum atomic E-state index is -0.527. The van der Waals surface area contributed by atoms with Gasteiger partial charge in [0, 0.05) is 0 Å². The lowest BCUT2D eigenvalue weighted by Crippen LogP contribution is -2.35. The number of esters is 1. The van der Waals surface area contributed by atoms with E-state index >= 15 is 0 Å². The molecule has 0 aromatic carbocycles. The van der Waals surface area contributed by atoms with E-state index in [0.717, 1.165) is 15.8 Å². The zero-order chi connectivity index (χ0) is 18.1. The molecule has 2 N–H and O–H groups in total. The molecule has 0 aliphatic rings. The lowest BCUT2D eigenvalue weighted by molar-refractivity contribution is 0.0464. The van der Waals surface area contributed by atoms with E-state index in [1.54, 1.807) is 0 Å². The maximum Gasteiger partial charge on any atom is 0.348 e. The summed E-state index contributed by atoms with van der Waals surface area (Å²) >= 11 is 1.32. The Morgan fingerprint density at radius 1 is 1.33 bits per heavy atom. The molecule has 2 heterocycles. The topological polar surface area (TPSA) is 84.3 Å². The summed E-state index contributed by atoms with van der Waals surface area (Å²) in [5.74, 6) is 1.21. The van der Waals surface area contributed by atoms with Crippen molar-refractivity contribution in [2.75, 3.05) is 18.5 Å². The Morgan fingerprint density at radius 2 is 2.00 bits per heavy atom. The van der Waals surface area contributed by atoms with E-state index < -0.39 is 5.54 Å². The second-order valence-electron chi connectivity index (χ2n) is 7.02. The van der Waals surface area contributed by atoms with Crippen molar-refractivity contribution in [2.45, 2.75) is 47.1 Å². The van der Waals surface area contributed by atoms with Crippen LogP contribution in [0.4, 0.5) is 5.82 Å². The highest BCUT2D eigenvalue weighted by molar-refractivity contribution is 7.20. The van der Waals surface area contributed by atoms with Crippen LogP contribution in [0.3, 0.4) is 0 Å². The number of aryl methyl sites for hydroxylation is 2. The summed E-state index contributed by atoms with van der Waals surface area (Å²) in [6, 6.07) is 0. The molecule has 24 heavy (non-hydrogen) atoms. The number of hydrogen-bond acceptors (Lipinski definition) is 7. The fraction of sp³-hybridized carbons (Fsp3) is 0.588. The van der Waals surface area contributed by atoms with Gasteiger partial charge in [0.15, 0.2) is 0 Å². The smallest absolute Gasteiger partial charge is 0.348 e. The SMILES string of the molecule is Cc1nc(NC(C)(C)CO)c2c(C)c(C(=O)OCC(C)C)sc2n1. The van der Waals surface area contributed by atoms with Crippen LogP contribution in [0, 0.1) is 19.8 Å². The van der Waals surface area contributed by atoms with Gasteiger partial charge in [0.1, 0.15) is 21.3 Å². The van der Waals surface area contributed by atoms with Gasteiger partial charge in [0.2, 0.25) is 0 Å².